The zero-order chi connectivity index (χ0) is 23.4. The van der Waals surface area contributed by atoms with Crippen LogP contribution in [-0.4, -0.2) is 48.7 Å². The van der Waals surface area contributed by atoms with Gasteiger partial charge in [-0.05, 0) is 65.4 Å². The third kappa shape index (κ3) is 5.47. The highest BCUT2D eigenvalue weighted by atomic mass is 127. The highest BCUT2D eigenvalue weighted by molar-refractivity contribution is 14.1. The Balaban J connectivity index is 1.44. The molecule has 1 aromatic carbocycles. The number of aromatic nitrogens is 5. The number of pyridine rings is 1. The predicted octanol–water partition coefficient (Wildman–Crippen LogP) is 3.18. The number of benzene rings is 1. The first-order chi connectivity index (χ1) is 15.9. The summed E-state index contributed by atoms with van der Waals surface area (Å²) in [6.07, 6.45) is 4.87. The standard InChI is InChI=1S/C22H22IN7O2S/c1-15-19(20(31)28(2)13-16-4-3-9-24-12-16)33-21(27-15)29-14-26-30(22(29)32)11-10-25-18-7-5-17(23)6-8-18/h3-9,12,14,25H,10-11,13H2,1-2H3. The molecule has 11 heteroatoms. The van der Waals surface area contributed by atoms with Gasteiger partial charge in [-0.1, -0.05) is 17.4 Å². The summed E-state index contributed by atoms with van der Waals surface area (Å²) < 4.78 is 3.92. The first kappa shape index (κ1) is 23.1. The number of anilines is 1. The molecule has 0 aliphatic heterocycles. The van der Waals surface area contributed by atoms with Crippen molar-refractivity contribution in [2.45, 2.75) is 20.0 Å². The molecule has 4 rings (SSSR count). The van der Waals surface area contributed by atoms with Gasteiger partial charge in [0.05, 0.1) is 12.2 Å². The van der Waals surface area contributed by atoms with E-state index in [-0.39, 0.29) is 11.6 Å². The number of carbonyl (C=O) groups excluding carboxylic acids is 1. The van der Waals surface area contributed by atoms with Crippen molar-refractivity contribution in [3.8, 4) is 5.13 Å². The van der Waals surface area contributed by atoms with E-state index >= 15 is 0 Å². The van der Waals surface area contributed by atoms with Gasteiger partial charge in [0.15, 0.2) is 5.13 Å². The number of amides is 1. The van der Waals surface area contributed by atoms with Crippen molar-refractivity contribution in [2.75, 3.05) is 18.9 Å². The van der Waals surface area contributed by atoms with Gasteiger partial charge in [0.1, 0.15) is 11.2 Å². The molecular weight excluding hydrogens is 553 g/mol. The molecular formula is C22H22IN7O2S. The molecule has 0 saturated carbocycles. The van der Waals surface area contributed by atoms with Crippen molar-refractivity contribution in [2.24, 2.45) is 0 Å². The number of halogens is 1. The number of hydrogen-bond donors (Lipinski definition) is 1. The molecule has 0 unspecified atom stereocenters. The molecule has 0 fully saturated rings. The molecule has 1 N–H and O–H groups in total. The lowest BCUT2D eigenvalue weighted by atomic mass is 10.2. The quantitative estimate of drug-likeness (QED) is 0.325. The van der Waals surface area contributed by atoms with Gasteiger partial charge in [0, 0.05) is 41.8 Å². The lowest BCUT2D eigenvalue weighted by molar-refractivity contribution is 0.0789. The minimum absolute atomic E-state index is 0.151. The molecule has 3 aromatic heterocycles. The van der Waals surface area contributed by atoms with Crippen molar-refractivity contribution in [3.05, 3.63) is 85.3 Å². The maximum atomic E-state index is 13.0. The Kier molecular flexibility index (Phi) is 7.18. The van der Waals surface area contributed by atoms with Crippen molar-refractivity contribution >= 4 is 45.5 Å². The number of nitrogens with one attached hydrogen (secondary N) is 1. The average Bonchev–Trinajstić information content (AvgIpc) is 3.37. The Hall–Kier alpha value is -3.06. The number of thiazole rings is 1. The Bertz CT molecular complexity index is 1300. The average molecular weight is 575 g/mol. The molecule has 0 saturated heterocycles. The Morgan fingerprint density at radius 1 is 1.24 bits per heavy atom. The van der Waals surface area contributed by atoms with Crippen LogP contribution in [0.3, 0.4) is 0 Å². The van der Waals surface area contributed by atoms with Gasteiger partial charge in [-0.3, -0.25) is 9.78 Å². The number of carbonyl (C=O) groups is 1. The minimum atomic E-state index is -0.295. The minimum Gasteiger partial charge on any atom is -0.383 e. The summed E-state index contributed by atoms with van der Waals surface area (Å²) in [7, 11) is 1.74. The molecule has 0 atom stereocenters. The van der Waals surface area contributed by atoms with E-state index in [4.69, 9.17) is 0 Å². The summed E-state index contributed by atoms with van der Waals surface area (Å²) in [6.45, 7) is 3.16. The van der Waals surface area contributed by atoms with E-state index in [0.717, 1.165) is 14.8 Å². The van der Waals surface area contributed by atoms with Gasteiger partial charge in [0.2, 0.25) is 0 Å². The summed E-state index contributed by atoms with van der Waals surface area (Å²) in [4.78, 5) is 36.4. The van der Waals surface area contributed by atoms with Gasteiger partial charge in [0.25, 0.3) is 5.91 Å². The predicted molar refractivity (Wildman–Crippen MR) is 136 cm³/mol. The first-order valence-corrected chi connectivity index (χ1v) is 12.1. The van der Waals surface area contributed by atoms with E-state index in [0.29, 0.717) is 35.3 Å². The largest absolute Gasteiger partial charge is 0.383 e. The molecule has 0 bridgehead atoms. The maximum Gasteiger partial charge on any atom is 0.352 e. The van der Waals surface area contributed by atoms with Gasteiger partial charge in [-0.2, -0.15) is 5.10 Å². The summed E-state index contributed by atoms with van der Waals surface area (Å²) >= 11 is 3.44. The van der Waals surface area contributed by atoms with Crippen LogP contribution < -0.4 is 11.0 Å². The van der Waals surface area contributed by atoms with E-state index in [1.807, 2.05) is 36.4 Å². The molecule has 0 aliphatic rings. The third-order valence-electron chi connectivity index (χ3n) is 4.91. The van der Waals surface area contributed by atoms with Gasteiger partial charge < -0.3 is 10.2 Å². The van der Waals surface area contributed by atoms with Crippen LogP contribution in [0.4, 0.5) is 5.69 Å². The van der Waals surface area contributed by atoms with Crippen LogP contribution >= 0.6 is 33.9 Å². The third-order valence-corrected chi connectivity index (χ3v) is 6.77. The summed E-state index contributed by atoms with van der Waals surface area (Å²) in [5.41, 5.74) is 2.21. The van der Waals surface area contributed by atoms with E-state index in [9.17, 15) is 9.59 Å². The fourth-order valence-corrected chi connectivity index (χ4v) is 4.57. The second-order valence-corrected chi connectivity index (χ2v) is 9.60. The molecule has 4 aromatic rings. The normalized spacial score (nSPS) is 10.9. The molecule has 9 nitrogen and oxygen atoms in total. The van der Waals surface area contributed by atoms with Crippen LogP contribution in [0, 0.1) is 10.5 Å². The van der Waals surface area contributed by atoms with E-state index in [2.05, 4.69) is 43.0 Å². The van der Waals surface area contributed by atoms with Crippen LogP contribution in [0.25, 0.3) is 5.13 Å². The van der Waals surface area contributed by atoms with Crippen LogP contribution in [0.15, 0.2) is 59.9 Å². The van der Waals surface area contributed by atoms with Crippen LogP contribution in [-0.2, 0) is 13.1 Å². The monoisotopic (exact) mass is 575 g/mol. The Morgan fingerprint density at radius 2 is 2.03 bits per heavy atom. The van der Waals surface area contributed by atoms with Crippen LogP contribution in [0.1, 0.15) is 20.9 Å². The molecule has 0 radical (unpaired) electrons. The maximum absolute atomic E-state index is 13.0. The highest BCUT2D eigenvalue weighted by Crippen LogP contribution is 2.22. The molecule has 170 valence electrons. The number of hydrogen-bond acceptors (Lipinski definition) is 7. The number of nitrogens with zero attached hydrogens (tertiary/aromatic N) is 6. The number of aryl methyl sites for hydroxylation is 1. The summed E-state index contributed by atoms with van der Waals surface area (Å²) in [5, 5.41) is 7.90. The van der Waals surface area contributed by atoms with Gasteiger partial charge >= 0.3 is 5.69 Å². The Labute approximate surface area is 208 Å². The molecule has 33 heavy (non-hydrogen) atoms. The van der Waals surface area contributed by atoms with Crippen LogP contribution in [0.5, 0.6) is 0 Å². The fourth-order valence-electron chi connectivity index (χ4n) is 3.19. The Morgan fingerprint density at radius 3 is 2.76 bits per heavy atom. The van der Waals surface area contributed by atoms with E-state index in [1.165, 1.54) is 26.9 Å². The fraction of sp³-hybridized carbons (Fsp3) is 0.227. The topological polar surface area (TPSA) is 97.9 Å². The summed E-state index contributed by atoms with van der Waals surface area (Å²) in [5.74, 6) is -0.151. The second-order valence-electron chi connectivity index (χ2n) is 7.37. The zero-order valence-electron chi connectivity index (χ0n) is 18.1. The number of rotatable bonds is 8. The molecule has 1 amide bonds. The second kappa shape index (κ2) is 10.3. The molecule has 0 aliphatic carbocycles. The smallest absolute Gasteiger partial charge is 0.352 e. The van der Waals surface area contributed by atoms with Crippen molar-refractivity contribution in [1.29, 1.82) is 0 Å². The lowest BCUT2D eigenvalue weighted by Crippen LogP contribution is -2.26. The zero-order valence-corrected chi connectivity index (χ0v) is 21.1. The van der Waals surface area contributed by atoms with Gasteiger partial charge in [-0.15, -0.1) is 0 Å². The molecule has 0 spiro atoms. The first-order valence-electron chi connectivity index (χ1n) is 10.2. The lowest BCUT2D eigenvalue weighted by Gasteiger charge is -2.16. The van der Waals surface area contributed by atoms with Crippen molar-refractivity contribution in [1.82, 2.24) is 29.2 Å². The summed E-state index contributed by atoms with van der Waals surface area (Å²) in [6, 6.07) is 11.8. The SMILES string of the molecule is Cc1nc(-n2cnn(CCNc3ccc(I)cc3)c2=O)sc1C(=O)N(C)Cc1cccnc1. The van der Waals surface area contributed by atoms with Crippen molar-refractivity contribution in [3.63, 3.8) is 0 Å². The highest BCUT2D eigenvalue weighted by Gasteiger charge is 2.21. The van der Waals surface area contributed by atoms with E-state index < -0.39 is 0 Å². The molecule has 3 heterocycles. The van der Waals surface area contributed by atoms with Crippen molar-refractivity contribution < 1.29 is 4.79 Å². The van der Waals surface area contributed by atoms with E-state index in [1.54, 1.807) is 31.3 Å². The van der Waals surface area contributed by atoms with Gasteiger partial charge in [-0.25, -0.2) is 19.0 Å². The van der Waals surface area contributed by atoms with Crippen LogP contribution in [0.2, 0.25) is 0 Å².